The van der Waals surface area contributed by atoms with Crippen LogP contribution in [-0.2, 0) is 19.1 Å². The van der Waals surface area contributed by atoms with Crippen molar-refractivity contribution >= 4 is 12.3 Å². The molecular weight excluding hydrogens is 447 g/mol. The number of likely N-dealkylation sites (N-methyl/N-ethyl adjacent to an activating group) is 1. The fourth-order valence-electron chi connectivity index (χ4n) is 4.55. The van der Waals surface area contributed by atoms with Crippen LogP contribution in [0.15, 0.2) is 42.5 Å². The molecule has 2 unspecified atom stereocenters. The minimum absolute atomic E-state index is 0.191. The Morgan fingerprint density at radius 1 is 1.20 bits per heavy atom. The van der Waals surface area contributed by atoms with E-state index in [4.69, 9.17) is 9.47 Å². The third kappa shape index (κ3) is 7.87. The molecule has 0 aromatic heterocycles. The van der Waals surface area contributed by atoms with Crippen molar-refractivity contribution in [2.75, 3.05) is 32.8 Å². The number of morpholine rings is 1. The highest BCUT2D eigenvalue weighted by Gasteiger charge is 2.33. The number of benzene rings is 2. The normalized spacial score (nSPS) is 18.4. The molecule has 2 aliphatic rings. The molecule has 190 valence electrons. The van der Waals surface area contributed by atoms with Crippen LogP contribution in [0.25, 0.3) is 11.1 Å². The number of hydrogen-bond donors (Lipinski definition) is 1. The average Bonchev–Trinajstić information content (AvgIpc) is 3.45. The van der Waals surface area contributed by atoms with Crippen LogP contribution in [0.2, 0.25) is 0 Å². The van der Waals surface area contributed by atoms with Gasteiger partial charge in [0.25, 0.3) is 0 Å². The van der Waals surface area contributed by atoms with Gasteiger partial charge in [-0.25, -0.2) is 4.39 Å². The maximum absolute atomic E-state index is 15.0. The Bertz CT molecular complexity index is 956. The molecule has 1 aliphatic carbocycles. The number of ether oxygens (including phenoxy) is 2. The fraction of sp³-hybridized carbons (Fsp3) is 0.500. The number of hydrogen-bond acceptors (Lipinski definition) is 4. The van der Waals surface area contributed by atoms with Crippen LogP contribution in [-0.4, -0.2) is 56.2 Å². The van der Waals surface area contributed by atoms with Crippen LogP contribution in [0, 0.1) is 12.7 Å². The minimum atomic E-state index is -0.721. The number of nitrogens with zero attached hydrogens (tertiary/aromatic N) is 1. The lowest BCUT2D eigenvalue weighted by Crippen LogP contribution is -2.45. The molecule has 2 aromatic rings. The maximum atomic E-state index is 15.0. The Hall–Kier alpha value is -2.77. The van der Waals surface area contributed by atoms with Crippen molar-refractivity contribution in [3.05, 3.63) is 59.4 Å². The lowest BCUT2D eigenvalue weighted by atomic mass is 9.92. The summed E-state index contributed by atoms with van der Waals surface area (Å²) < 4.78 is 26.9. The van der Waals surface area contributed by atoms with E-state index in [1.54, 1.807) is 17.0 Å². The van der Waals surface area contributed by atoms with E-state index in [0.29, 0.717) is 37.4 Å². The minimum Gasteiger partial charge on any atom is -0.371 e. The fourth-order valence-corrected chi connectivity index (χ4v) is 4.55. The summed E-state index contributed by atoms with van der Waals surface area (Å²) in [4.78, 5) is 24.9. The zero-order valence-corrected chi connectivity index (χ0v) is 20.8. The average molecular weight is 485 g/mol. The Balaban J connectivity index is 0.000000607. The summed E-state index contributed by atoms with van der Waals surface area (Å²) in [6.45, 7) is 5.19. The summed E-state index contributed by atoms with van der Waals surface area (Å²) in [5.41, 5.74) is 2.72. The summed E-state index contributed by atoms with van der Waals surface area (Å²) in [6.07, 6.45) is 7.02. The smallest absolute Gasteiger partial charge is 0.246 e. The van der Waals surface area contributed by atoms with Gasteiger partial charge in [0.1, 0.15) is 24.6 Å². The lowest BCUT2D eigenvalue weighted by molar-refractivity contribution is -0.145. The van der Waals surface area contributed by atoms with Crippen molar-refractivity contribution in [3.63, 3.8) is 0 Å². The van der Waals surface area contributed by atoms with Crippen molar-refractivity contribution in [2.45, 2.75) is 58.2 Å². The Kier molecular flexibility index (Phi) is 10.7. The molecule has 2 amide bonds. The Morgan fingerprint density at radius 2 is 1.91 bits per heavy atom. The first-order valence-electron chi connectivity index (χ1n) is 12.6. The highest BCUT2D eigenvalue weighted by molar-refractivity contribution is 5.77. The number of aryl methyl sites for hydroxylation is 1. The standard InChI is InChI=1S/C23H27FN2O4.C5H10/c1-3-25-21(28)14-30-23(20-13-26(15-27)10-11-29-20)18-8-5-9-19(24)22(18)17-7-4-6-16(2)12-17;1-2-4-5-3-1/h4-9,12,15,20,23H,3,10-11,13-14H2,1-2H3,(H,25,28);1-5H2. The van der Waals surface area contributed by atoms with Crippen molar-refractivity contribution in [1.82, 2.24) is 10.2 Å². The van der Waals surface area contributed by atoms with E-state index in [1.165, 1.54) is 38.2 Å². The van der Waals surface area contributed by atoms with E-state index < -0.39 is 12.2 Å². The summed E-state index contributed by atoms with van der Waals surface area (Å²) in [7, 11) is 0. The third-order valence-corrected chi connectivity index (χ3v) is 6.29. The largest absolute Gasteiger partial charge is 0.371 e. The number of nitrogens with one attached hydrogen (secondary N) is 1. The topological polar surface area (TPSA) is 67.9 Å². The van der Waals surface area contributed by atoms with E-state index >= 15 is 4.39 Å². The molecule has 0 bridgehead atoms. The molecule has 0 radical (unpaired) electrons. The number of amides is 2. The monoisotopic (exact) mass is 484 g/mol. The highest BCUT2D eigenvalue weighted by Crippen LogP contribution is 2.36. The SMILES string of the molecule is C1CCCC1.CCNC(=O)COC(c1cccc(F)c1-c1cccc(C)c1)C1CN(C=O)CCO1. The van der Waals surface area contributed by atoms with Gasteiger partial charge in [0.15, 0.2) is 0 Å². The van der Waals surface area contributed by atoms with E-state index in [9.17, 15) is 9.59 Å². The molecule has 1 saturated carbocycles. The second-order valence-corrected chi connectivity index (χ2v) is 9.04. The second-order valence-electron chi connectivity index (χ2n) is 9.04. The van der Waals surface area contributed by atoms with E-state index in [1.807, 2.05) is 38.1 Å². The van der Waals surface area contributed by atoms with Gasteiger partial charge < -0.3 is 19.7 Å². The number of rotatable bonds is 8. The maximum Gasteiger partial charge on any atom is 0.246 e. The summed E-state index contributed by atoms with van der Waals surface area (Å²) in [5, 5.41) is 2.69. The van der Waals surface area contributed by atoms with Crippen LogP contribution < -0.4 is 5.32 Å². The first-order chi connectivity index (χ1) is 17.0. The van der Waals surface area contributed by atoms with Gasteiger partial charge in [-0.1, -0.05) is 74.1 Å². The molecule has 0 spiro atoms. The van der Waals surface area contributed by atoms with E-state index in [2.05, 4.69) is 5.32 Å². The van der Waals surface area contributed by atoms with Gasteiger partial charge >= 0.3 is 0 Å². The van der Waals surface area contributed by atoms with Gasteiger partial charge in [-0.2, -0.15) is 0 Å². The molecule has 1 aliphatic heterocycles. The molecule has 2 aromatic carbocycles. The number of halogens is 1. The molecule has 4 rings (SSSR count). The molecule has 2 fully saturated rings. The van der Waals surface area contributed by atoms with Gasteiger partial charge in [0.05, 0.1) is 6.61 Å². The van der Waals surface area contributed by atoms with Crippen LogP contribution in [0.5, 0.6) is 0 Å². The van der Waals surface area contributed by atoms with Gasteiger partial charge in [-0.05, 0) is 31.0 Å². The van der Waals surface area contributed by atoms with Crippen molar-refractivity contribution < 1.29 is 23.5 Å². The molecule has 35 heavy (non-hydrogen) atoms. The van der Waals surface area contributed by atoms with Crippen LogP contribution in [0.4, 0.5) is 4.39 Å². The van der Waals surface area contributed by atoms with Gasteiger partial charge in [-0.15, -0.1) is 0 Å². The summed E-state index contributed by atoms with van der Waals surface area (Å²) in [6, 6.07) is 12.4. The predicted octanol–water partition coefficient (Wildman–Crippen LogP) is 4.80. The van der Waals surface area contributed by atoms with Gasteiger partial charge in [0.2, 0.25) is 12.3 Å². The molecule has 1 N–H and O–H groups in total. The molecular formula is C28H37FN2O4. The summed E-state index contributed by atoms with van der Waals surface area (Å²) >= 11 is 0. The lowest BCUT2D eigenvalue weighted by Gasteiger charge is -2.36. The predicted molar refractivity (Wildman–Crippen MR) is 134 cm³/mol. The Morgan fingerprint density at radius 3 is 2.57 bits per heavy atom. The second kappa shape index (κ2) is 14.0. The van der Waals surface area contributed by atoms with Crippen LogP contribution >= 0.6 is 0 Å². The summed E-state index contributed by atoms with van der Waals surface area (Å²) in [5.74, 6) is -0.646. The molecule has 1 heterocycles. The van der Waals surface area contributed by atoms with E-state index in [0.717, 1.165) is 17.5 Å². The van der Waals surface area contributed by atoms with Crippen molar-refractivity contribution in [2.24, 2.45) is 0 Å². The van der Waals surface area contributed by atoms with Gasteiger partial charge in [-0.3, -0.25) is 9.59 Å². The molecule has 2 atom stereocenters. The van der Waals surface area contributed by atoms with Crippen molar-refractivity contribution in [3.8, 4) is 11.1 Å². The van der Waals surface area contributed by atoms with Crippen LogP contribution in [0.3, 0.4) is 0 Å². The number of carbonyl (C=O) groups excluding carboxylic acids is 2. The highest BCUT2D eigenvalue weighted by atomic mass is 19.1. The first-order valence-corrected chi connectivity index (χ1v) is 12.6. The van der Waals surface area contributed by atoms with E-state index in [-0.39, 0.29) is 18.3 Å². The quantitative estimate of drug-likeness (QED) is 0.547. The molecule has 6 nitrogen and oxygen atoms in total. The van der Waals surface area contributed by atoms with Crippen LogP contribution in [0.1, 0.15) is 56.3 Å². The Labute approximate surface area is 207 Å². The van der Waals surface area contributed by atoms with Crippen molar-refractivity contribution in [1.29, 1.82) is 0 Å². The number of carbonyl (C=O) groups is 2. The van der Waals surface area contributed by atoms with Gasteiger partial charge in [0, 0.05) is 25.2 Å². The first kappa shape index (κ1) is 26.8. The zero-order chi connectivity index (χ0) is 25.0. The molecule has 7 heteroatoms. The third-order valence-electron chi connectivity index (χ3n) is 6.29. The zero-order valence-electron chi connectivity index (χ0n) is 20.8. The molecule has 1 saturated heterocycles.